The highest BCUT2D eigenvalue weighted by Crippen LogP contribution is 2.78. The SMILES string of the molecule is C=C(C)[C@@H]1CC[C@]2(CC(=O)N3CC[C@@H](NC(=O)OC(C)(C)C)C3)CC[C@]3(C)[C@H](CC[C@@H]4[C@@]5(C)CC[C@H](OC(=O)CC(C)(C)CC(=O)O)C(C)(C)[C@@H]5CC[C@]43C)[C@@H]12. The lowest BCUT2D eigenvalue weighted by Crippen LogP contribution is -2.67. The topological polar surface area (TPSA) is 122 Å². The number of ether oxygens (including phenoxy) is 2. The fraction of sp³-hybridized carbons (Fsp3) is 0.872. The van der Waals surface area contributed by atoms with Crippen LogP contribution in [0.25, 0.3) is 0 Å². The van der Waals surface area contributed by atoms with Crippen LogP contribution in [0, 0.1) is 62.1 Å². The maximum atomic E-state index is 14.3. The number of esters is 1. The van der Waals surface area contributed by atoms with Crippen LogP contribution in [-0.4, -0.2) is 64.8 Å². The number of carbonyl (C=O) groups excluding carboxylic acids is 3. The summed E-state index contributed by atoms with van der Waals surface area (Å²) in [6.07, 6.45) is 11.8. The number of carboxylic acid groups (broad SMARTS) is 1. The van der Waals surface area contributed by atoms with Crippen LogP contribution >= 0.6 is 0 Å². The first-order valence-corrected chi connectivity index (χ1v) is 22.1. The average molecular weight is 781 g/mol. The monoisotopic (exact) mass is 781 g/mol. The van der Waals surface area contributed by atoms with E-state index in [1.165, 1.54) is 18.4 Å². The highest BCUT2D eigenvalue weighted by atomic mass is 16.6. The van der Waals surface area contributed by atoms with Gasteiger partial charge in [0, 0.05) is 24.9 Å². The lowest BCUT2D eigenvalue weighted by atomic mass is 9.32. The van der Waals surface area contributed by atoms with E-state index in [1.807, 2.05) is 39.5 Å². The van der Waals surface area contributed by atoms with Crippen LogP contribution < -0.4 is 5.32 Å². The third kappa shape index (κ3) is 7.57. The number of aliphatic carboxylic acids is 1. The average Bonchev–Trinajstić information content (AvgIpc) is 3.66. The lowest BCUT2D eigenvalue weighted by Gasteiger charge is -2.73. The van der Waals surface area contributed by atoms with E-state index in [4.69, 9.17) is 9.47 Å². The van der Waals surface area contributed by atoms with Gasteiger partial charge in [-0.15, -0.1) is 0 Å². The second-order valence-corrected chi connectivity index (χ2v) is 22.9. The Hall–Kier alpha value is -2.58. The Morgan fingerprint density at radius 2 is 1.52 bits per heavy atom. The van der Waals surface area contributed by atoms with Crippen molar-refractivity contribution in [1.29, 1.82) is 0 Å². The van der Waals surface area contributed by atoms with E-state index in [1.54, 1.807) is 0 Å². The summed E-state index contributed by atoms with van der Waals surface area (Å²) in [4.78, 5) is 53.5. The number of carbonyl (C=O) groups is 4. The van der Waals surface area contributed by atoms with Gasteiger partial charge in [0.2, 0.25) is 5.91 Å². The fourth-order valence-corrected chi connectivity index (χ4v) is 14.8. The molecule has 56 heavy (non-hydrogen) atoms. The zero-order valence-electron chi connectivity index (χ0n) is 36.9. The molecule has 316 valence electrons. The second-order valence-electron chi connectivity index (χ2n) is 22.9. The Balaban J connectivity index is 1.18. The molecule has 1 saturated heterocycles. The normalized spacial score (nSPS) is 40.3. The second kappa shape index (κ2) is 14.6. The molecule has 1 aliphatic heterocycles. The van der Waals surface area contributed by atoms with Crippen molar-refractivity contribution >= 4 is 23.9 Å². The first-order valence-electron chi connectivity index (χ1n) is 22.1. The Bertz CT molecular complexity index is 1580. The number of nitrogens with one attached hydrogen (secondary N) is 1. The van der Waals surface area contributed by atoms with Gasteiger partial charge in [-0.1, -0.05) is 60.6 Å². The standard InChI is InChI=1S/C47H76N2O7/c1-29(2)31-15-21-47(25-36(50)49-24-18-30(28-49)48-40(54)56-41(3,4)5)23-22-45(11)32(39(31)47)13-14-34-44(10)19-17-35(43(8,9)33(44)16-20-46(34,45)12)55-38(53)27-42(6,7)26-37(51)52/h30-35,39H,1,13-28H2,2-12H3,(H,48,54)(H,51,52)/t30-,31+,32-,33+,34-,35+,39-,44+,45-,46-,47-/m1/s1. The molecule has 0 radical (unpaired) electrons. The van der Waals surface area contributed by atoms with E-state index >= 15 is 0 Å². The fourth-order valence-electron chi connectivity index (χ4n) is 14.8. The minimum atomic E-state index is -0.892. The van der Waals surface area contributed by atoms with Crippen LogP contribution in [0.3, 0.4) is 0 Å². The van der Waals surface area contributed by atoms with Gasteiger partial charge in [-0.2, -0.15) is 0 Å². The molecule has 0 aromatic carbocycles. The molecule has 9 nitrogen and oxygen atoms in total. The highest BCUT2D eigenvalue weighted by molar-refractivity contribution is 5.78. The number of rotatable bonds is 9. The largest absolute Gasteiger partial charge is 0.481 e. The number of carboxylic acids is 1. The molecule has 0 bridgehead atoms. The maximum Gasteiger partial charge on any atom is 0.407 e. The van der Waals surface area contributed by atoms with Crippen molar-refractivity contribution in [3.8, 4) is 0 Å². The van der Waals surface area contributed by atoms with Gasteiger partial charge in [0.25, 0.3) is 0 Å². The summed E-state index contributed by atoms with van der Waals surface area (Å²) in [5.41, 5.74) is 0.303. The molecule has 0 aromatic rings. The van der Waals surface area contributed by atoms with Gasteiger partial charge in [-0.3, -0.25) is 14.4 Å². The molecule has 6 rings (SSSR count). The summed E-state index contributed by atoms with van der Waals surface area (Å²) in [6.45, 7) is 29.8. The molecule has 6 fully saturated rings. The van der Waals surface area contributed by atoms with Crippen molar-refractivity contribution in [3.63, 3.8) is 0 Å². The van der Waals surface area contributed by atoms with E-state index in [2.05, 4.69) is 53.4 Å². The van der Waals surface area contributed by atoms with E-state index in [0.29, 0.717) is 49.1 Å². The smallest absolute Gasteiger partial charge is 0.407 e. The summed E-state index contributed by atoms with van der Waals surface area (Å²) < 4.78 is 11.8. The molecule has 2 amide bonds. The molecular formula is C47H76N2O7. The molecule has 6 aliphatic rings. The molecule has 11 atom stereocenters. The van der Waals surface area contributed by atoms with Crippen LogP contribution in [0.5, 0.6) is 0 Å². The van der Waals surface area contributed by atoms with Gasteiger partial charge < -0.3 is 24.8 Å². The third-order valence-electron chi connectivity index (χ3n) is 17.5. The zero-order valence-corrected chi connectivity index (χ0v) is 36.9. The summed E-state index contributed by atoms with van der Waals surface area (Å²) >= 11 is 0. The van der Waals surface area contributed by atoms with Crippen LogP contribution in [0.2, 0.25) is 0 Å². The van der Waals surface area contributed by atoms with Crippen LogP contribution in [0.4, 0.5) is 4.79 Å². The molecule has 9 heteroatoms. The number of fused-ring (bicyclic) bond motifs is 7. The van der Waals surface area contributed by atoms with Crippen molar-refractivity contribution in [1.82, 2.24) is 10.2 Å². The molecular weight excluding hydrogens is 705 g/mol. The minimum absolute atomic E-state index is 0.0190. The zero-order chi connectivity index (χ0) is 41.4. The highest BCUT2D eigenvalue weighted by Gasteiger charge is 2.71. The van der Waals surface area contributed by atoms with Crippen molar-refractivity contribution in [2.45, 2.75) is 184 Å². The van der Waals surface area contributed by atoms with Crippen LogP contribution in [-0.2, 0) is 23.9 Å². The number of hydrogen-bond donors (Lipinski definition) is 2. The lowest BCUT2D eigenvalue weighted by molar-refractivity contribution is -0.250. The molecule has 5 saturated carbocycles. The molecule has 0 unspecified atom stereocenters. The van der Waals surface area contributed by atoms with Crippen LogP contribution in [0.1, 0.15) is 166 Å². The van der Waals surface area contributed by atoms with Gasteiger partial charge in [0.1, 0.15) is 11.7 Å². The van der Waals surface area contributed by atoms with E-state index in [-0.39, 0.29) is 63.9 Å². The van der Waals surface area contributed by atoms with Gasteiger partial charge in [0.05, 0.1) is 18.9 Å². The number of amides is 2. The van der Waals surface area contributed by atoms with E-state index in [0.717, 1.165) is 57.8 Å². The van der Waals surface area contributed by atoms with Crippen molar-refractivity contribution < 1.29 is 33.8 Å². The number of nitrogens with zero attached hydrogens (tertiary/aromatic N) is 1. The van der Waals surface area contributed by atoms with Gasteiger partial charge in [-0.25, -0.2) is 4.79 Å². The predicted molar refractivity (Wildman–Crippen MR) is 218 cm³/mol. The molecule has 2 N–H and O–H groups in total. The molecule has 1 heterocycles. The van der Waals surface area contributed by atoms with Gasteiger partial charge >= 0.3 is 18.0 Å². The van der Waals surface area contributed by atoms with E-state index < -0.39 is 23.1 Å². The Labute approximate surface area is 338 Å². The summed E-state index contributed by atoms with van der Waals surface area (Å²) in [7, 11) is 0. The number of allylic oxidation sites excluding steroid dienone is 1. The van der Waals surface area contributed by atoms with Crippen molar-refractivity contribution in [2.24, 2.45) is 62.1 Å². The van der Waals surface area contributed by atoms with Crippen molar-refractivity contribution in [3.05, 3.63) is 12.2 Å². The van der Waals surface area contributed by atoms with Gasteiger partial charge in [-0.05, 0) is 155 Å². The summed E-state index contributed by atoms with van der Waals surface area (Å²) in [5.74, 6) is 1.49. The molecule has 0 spiro atoms. The van der Waals surface area contributed by atoms with Crippen molar-refractivity contribution in [2.75, 3.05) is 13.1 Å². The number of likely N-dealkylation sites (tertiary alicyclic amines) is 1. The summed E-state index contributed by atoms with van der Waals surface area (Å²) in [6, 6.07) is -0.0849. The third-order valence-corrected chi connectivity index (χ3v) is 17.5. The Morgan fingerprint density at radius 1 is 0.821 bits per heavy atom. The first-order chi connectivity index (χ1) is 25.8. The maximum absolute atomic E-state index is 14.3. The predicted octanol–water partition coefficient (Wildman–Crippen LogP) is 9.96. The summed E-state index contributed by atoms with van der Waals surface area (Å²) in [5, 5.41) is 12.4. The minimum Gasteiger partial charge on any atom is -0.481 e. The number of hydrogen-bond acceptors (Lipinski definition) is 6. The Kier molecular flexibility index (Phi) is 11.2. The first kappa shape index (κ1) is 43.0. The molecule has 5 aliphatic carbocycles. The van der Waals surface area contributed by atoms with E-state index in [9.17, 15) is 24.3 Å². The van der Waals surface area contributed by atoms with Gasteiger partial charge in [0.15, 0.2) is 0 Å². The Morgan fingerprint density at radius 3 is 2.16 bits per heavy atom. The number of alkyl carbamates (subject to hydrolysis) is 1. The van der Waals surface area contributed by atoms with Crippen LogP contribution in [0.15, 0.2) is 12.2 Å². The quantitative estimate of drug-likeness (QED) is 0.176. The molecule has 0 aromatic heterocycles.